The Labute approximate surface area is 108 Å². The van der Waals surface area contributed by atoms with Crippen LogP contribution in [0.25, 0.3) is 0 Å². The van der Waals surface area contributed by atoms with E-state index in [-0.39, 0.29) is 0 Å². The summed E-state index contributed by atoms with van der Waals surface area (Å²) in [4.78, 5) is 10.8. The highest BCUT2D eigenvalue weighted by Gasteiger charge is 2.07. The minimum absolute atomic E-state index is 0.508. The second kappa shape index (κ2) is 7.58. The summed E-state index contributed by atoms with van der Waals surface area (Å²) in [5.74, 6) is 0.772. The van der Waals surface area contributed by atoms with Crippen LogP contribution in [-0.2, 0) is 11.3 Å². The van der Waals surface area contributed by atoms with Crippen LogP contribution < -0.4 is 0 Å². The van der Waals surface area contributed by atoms with Crippen molar-refractivity contribution in [3.63, 3.8) is 0 Å². The van der Waals surface area contributed by atoms with Crippen LogP contribution >= 0.6 is 11.6 Å². The van der Waals surface area contributed by atoms with Gasteiger partial charge in [-0.3, -0.25) is 4.90 Å². The van der Waals surface area contributed by atoms with E-state index in [9.17, 15) is 0 Å². The molecule has 5 heteroatoms. The zero-order valence-corrected chi connectivity index (χ0v) is 11.5. The third-order valence-corrected chi connectivity index (χ3v) is 2.63. The van der Waals surface area contributed by atoms with E-state index in [1.807, 2.05) is 13.8 Å². The van der Waals surface area contributed by atoms with Crippen molar-refractivity contribution >= 4 is 11.6 Å². The second-order valence-corrected chi connectivity index (χ2v) is 4.20. The van der Waals surface area contributed by atoms with Crippen LogP contribution in [0.4, 0.5) is 0 Å². The van der Waals surface area contributed by atoms with Crippen LogP contribution in [0.15, 0.2) is 6.07 Å². The first kappa shape index (κ1) is 14.4. The fourth-order valence-corrected chi connectivity index (χ4v) is 1.80. The Bertz CT molecular complexity index is 326. The van der Waals surface area contributed by atoms with Gasteiger partial charge in [0.15, 0.2) is 0 Å². The van der Waals surface area contributed by atoms with Crippen molar-refractivity contribution in [2.45, 2.75) is 27.3 Å². The maximum absolute atomic E-state index is 5.91. The van der Waals surface area contributed by atoms with Crippen LogP contribution in [0.3, 0.4) is 0 Å². The summed E-state index contributed by atoms with van der Waals surface area (Å²) in [6.07, 6.45) is 0. The molecule has 0 amide bonds. The van der Waals surface area contributed by atoms with Crippen molar-refractivity contribution in [3.8, 4) is 0 Å². The Balaban J connectivity index is 2.54. The predicted octanol–water partition coefficient (Wildman–Crippen LogP) is 2.30. The van der Waals surface area contributed by atoms with E-state index in [1.54, 1.807) is 6.07 Å². The number of nitrogens with zero attached hydrogens (tertiary/aromatic N) is 3. The molecule has 0 saturated carbocycles. The average molecular weight is 258 g/mol. The molecule has 0 saturated heterocycles. The smallest absolute Gasteiger partial charge is 0.144 e. The fourth-order valence-electron chi connectivity index (χ4n) is 1.55. The summed E-state index contributed by atoms with van der Waals surface area (Å²) in [6, 6.07) is 1.77. The molecule has 1 aromatic rings. The van der Waals surface area contributed by atoms with Crippen LogP contribution in [0.1, 0.15) is 25.4 Å². The van der Waals surface area contributed by atoms with Crippen LogP contribution in [0.2, 0.25) is 5.15 Å². The van der Waals surface area contributed by atoms with Crippen molar-refractivity contribution in [1.82, 2.24) is 14.9 Å². The Hall–Kier alpha value is -0.710. The molecule has 0 aliphatic heterocycles. The summed E-state index contributed by atoms with van der Waals surface area (Å²) < 4.78 is 5.34. The van der Waals surface area contributed by atoms with Gasteiger partial charge in [-0.2, -0.15) is 0 Å². The lowest BCUT2D eigenvalue weighted by Crippen LogP contribution is -2.28. The van der Waals surface area contributed by atoms with Crippen LogP contribution in [0.5, 0.6) is 0 Å². The number of aryl methyl sites for hydroxylation is 1. The van der Waals surface area contributed by atoms with Gasteiger partial charge in [-0.15, -0.1) is 0 Å². The molecule has 0 aliphatic carbocycles. The Morgan fingerprint density at radius 2 is 2.12 bits per heavy atom. The molecule has 1 aromatic heterocycles. The monoisotopic (exact) mass is 257 g/mol. The minimum Gasteiger partial charge on any atom is -0.380 e. The highest BCUT2D eigenvalue weighted by molar-refractivity contribution is 6.29. The fraction of sp³-hybridized carbons (Fsp3) is 0.667. The maximum atomic E-state index is 5.91. The van der Waals surface area contributed by atoms with Gasteiger partial charge in [0.1, 0.15) is 11.0 Å². The molecule has 0 atom stereocenters. The van der Waals surface area contributed by atoms with Gasteiger partial charge in [-0.25, -0.2) is 9.97 Å². The number of halogens is 1. The van der Waals surface area contributed by atoms with Crippen molar-refractivity contribution in [1.29, 1.82) is 0 Å². The van der Waals surface area contributed by atoms with Crippen molar-refractivity contribution in [2.24, 2.45) is 0 Å². The number of aromatic nitrogens is 2. The first-order chi connectivity index (χ1) is 8.15. The molecular formula is C12H20ClN3O. The van der Waals surface area contributed by atoms with E-state index in [0.717, 1.165) is 37.8 Å². The number of hydrogen-bond donors (Lipinski definition) is 0. The predicted molar refractivity (Wildman–Crippen MR) is 69.2 cm³/mol. The first-order valence-corrected chi connectivity index (χ1v) is 6.33. The largest absolute Gasteiger partial charge is 0.380 e. The lowest BCUT2D eigenvalue weighted by molar-refractivity contribution is 0.112. The molecule has 0 bridgehead atoms. The molecule has 0 unspecified atom stereocenters. The molecule has 0 N–H and O–H groups in total. The molecule has 1 rings (SSSR count). The summed E-state index contributed by atoms with van der Waals surface area (Å²) in [7, 11) is 0. The number of ether oxygens (including phenoxy) is 1. The SMILES string of the molecule is CCOCCN(CC)Cc1nc(C)cc(Cl)n1. The lowest BCUT2D eigenvalue weighted by Gasteiger charge is -2.19. The van der Waals surface area contributed by atoms with Gasteiger partial charge in [-0.1, -0.05) is 18.5 Å². The molecule has 1 heterocycles. The zero-order valence-electron chi connectivity index (χ0n) is 10.7. The van der Waals surface area contributed by atoms with Gasteiger partial charge < -0.3 is 4.74 Å². The molecule has 0 spiro atoms. The van der Waals surface area contributed by atoms with Crippen molar-refractivity contribution in [2.75, 3.05) is 26.3 Å². The average Bonchev–Trinajstić information content (AvgIpc) is 2.26. The second-order valence-electron chi connectivity index (χ2n) is 3.81. The van der Waals surface area contributed by atoms with E-state index in [4.69, 9.17) is 16.3 Å². The molecule has 17 heavy (non-hydrogen) atoms. The topological polar surface area (TPSA) is 38.2 Å². The van der Waals surface area contributed by atoms with Gasteiger partial charge in [-0.05, 0) is 26.5 Å². The highest BCUT2D eigenvalue weighted by Crippen LogP contribution is 2.08. The summed E-state index contributed by atoms with van der Waals surface area (Å²) >= 11 is 5.91. The first-order valence-electron chi connectivity index (χ1n) is 5.95. The molecule has 4 nitrogen and oxygen atoms in total. The lowest BCUT2D eigenvalue weighted by atomic mass is 10.4. The number of hydrogen-bond acceptors (Lipinski definition) is 4. The van der Waals surface area contributed by atoms with Crippen molar-refractivity contribution < 1.29 is 4.74 Å². The van der Waals surface area contributed by atoms with Crippen LogP contribution in [-0.4, -0.2) is 41.2 Å². The summed E-state index contributed by atoms with van der Waals surface area (Å²) in [6.45, 7) is 10.1. The third-order valence-electron chi connectivity index (χ3n) is 2.44. The quantitative estimate of drug-likeness (QED) is 0.555. The Morgan fingerprint density at radius 3 is 2.71 bits per heavy atom. The van der Waals surface area contributed by atoms with Gasteiger partial charge in [0, 0.05) is 18.8 Å². The summed E-state index contributed by atoms with van der Waals surface area (Å²) in [5, 5.41) is 0.508. The van der Waals surface area contributed by atoms with Gasteiger partial charge in [0.05, 0.1) is 13.2 Å². The van der Waals surface area contributed by atoms with E-state index < -0.39 is 0 Å². The number of likely N-dealkylation sites (N-methyl/N-ethyl adjacent to an activating group) is 1. The third kappa shape index (κ3) is 5.44. The summed E-state index contributed by atoms with van der Waals surface area (Å²) in [5.41, 5.74) is 0.904. The minimum atomic E-state index is 0.508. The molecular weight excluding hydrogens is 238 g/mol. The normalized spacial score (nSPS) is 11.1. The highest BCUT2D eigenvalue weighted by atomic mass is 35.5. The molecule has 0 aromatic carbocycles. The molecule has 96 valence electrons. The van der Waals surface area contributed by atoms with E-state index in [0.29, 0.717) is 11.7 Å². The Kier molecular flexibility index (Phi) is 6.40. The van der Waals surface area contributed by atoms with E-state index >= 15 is 0 Å². The van der Waals surface area contributed by atoms with Gasteiger partial charge >= 0.3 is 0 Å². The zero-order chi connectivity index (χ0) is 12.7. The Morgan fingerprint density at radius 1 is 1.35 bits per heavy atom. The van der Waals surface area contributed by atoms with Crippen LogP contribution in [0, 0.1) is 6.92 Å². The van der Waals surface area contributed by atoms with Crippen molar-refractivity contribution in [3.05, 3.63) is 22.7 Å². The molecule has 0 fully saturated rings. The van der Waals surface area contributed by atoms with Gasteiger partial charge in [0.25, 0.3) is 0 Å². The number of rotatable bonds is 7. The van der Waals surface area contributed by atoms with E-state index in [1.165, 1.54) is 0 Å². The standard InChI is InChI=1S/C12H20ClN3O/c1-4-16(6-7-17-5-2)9-12-14-10(3)8-11(13)15-12/h8H,4-7,9H2,1-3H3. The van der Waals surface area contributed by atoms with Gasteiger partial charge in [0.2, 0.25) is 0 Å². The van der Waals surface area contributed by atoms with E-state index in [2.05, 4.69) is 21.8 Å². The molecule has 0 aliphatic rings. The maximum Gasteiger partial charge on any atom is 0.144 e. The molecule has 0 radical (unpaired) electrons.